The molecule has 1 amide bonds. The first-order valence-corrected chi connectivity index (χ1v) is 5.45. The molecule has 0 spiro atoms. The number of carbonyl (C=O) groups excluding carboxylic acids is 1. The van der Waals surface area contributed by atoms with Gasteiger partial charge in [0.05, 0.1) is 5.56 Å². The fourth-order valence-electron chi connectivity index (χ4n) is 1.59. The normalized spacial score (nSPS) is 10.8. The minimum Gasteiger partial charge on any atom is -0.341 e. The predicted octanol–water partition coefficient (Wildman–Crippen LogP) is 2.07. The van der Waals surface area contributed by atoms with Crippen LogP contribution in [0.4, 0.5) is 0 Å². The van der Waals surface area contributed by atoms with Gasteiger partial charge in [0.2, 0.25) is 0 Å². The summed E-state index contributed by atoms with van der Waals surface area (Å²) in [6.45, 7) is 6.90. The van der Waals surface area contributed by atoms with Crippen LogP contribution in [-0.4, -0.2) is 29.4 Å². The third-order valence-corrected chi connectivity index (χ3v) is 2.18. The van der Waals surface area contributed by atoms with E-state index in [9.17, 15) is 4.79 Å². The standard InChI is InChI=1S/C13H17N3O/c1-13(2,3)9-16(4)12(17)10-5-6-11(7-14)15-8-10/h5-6,8H,9H2,1-4H3. The van der Waals surface area contributed by atoms with E-state index in [1.54, 1.807) is 24.1 Å². The maximum Gasteiger partial charge on any atom is 0.255 e. The van der Waals surface area contributed by atoms with E-state index in [1.165, 1.54) is 6.20 Å². The highest BCUT2D eigenvalue weighted by Gasteiger charge is 2.18. The summed E-state index contributed by atoms with van der Waals surface area (Å²) in [6, 6.07) is 5.11. The molecule has 90 valence electrons. The van der Waals surface area contributed by atoms with E-state index in [2.05, 4.69) is 25.8 Å². The molecule has 0 saturated carbocycles. The van der Waals surface area contributed by atoms with E-state index in [0.717, 1.165) is 0 Å². The fraction of sp³-hybridized carbons (Fsp3) is 0.462. The molecule has 4 nitrogen and oxygen atoms in total. The molecule has 0 aliphatic carbocycles. The molecular weight excluding hydrogens is 214 g/mol. The molecule has 0 radical (unpaired) electrons. The lowest BCUT2D eigenvalue weighted by atomic mass is 9.96. The second-order valence-electron chi connectivity index (χ2n) is 5.27. The maximum atomic E-state index is 12.0. The molecule has 0 N–H and O–H groups in total. The van der Waals surface area contributed by atoms with Crippen LogP contribution < -0.4 is 0 Å². The van der Waals surface area contributed by atoms with Crippen LogP contribution in [-0.2, 0) is 0 Å². The quantitative estimate of drug-likeness (QED) is 0.783. The number of aromatic nitrogens is 1. The number of rotatable bonds is 2. The van der Waals surface area contributed by atoms with E-state index in [0.29, 0.717) is 17.8 Å². The van der Waals surface area contributed by atoms with Crippen LogP contribution in [0.3, 0.4) is 0 Å². The van der Waals surface area contributed by atoms with Gasteiger partial charge in [0.25, 0.3) is 5.91 Å². The van der Waals surface area contributed by atoms with Gasteiger partial charge in [-0.15, -0.1) is 0 Å². The zero-order valence-corrected chi connectivity index (χ0v) is 10.7. The maximum absolute atomic E-state index is 12.0. The smallest absolute Gasteiger partial charge is 0.255 e. The van der Waals surface area contributed by atoms with Gasteiger partial charge < -0.3 is 4.90 Å². The van der Waals surface area contributed by atoms with Crippen molar-refractivity contribution in [1.82, 2.24) is 9.88 Å². The molecule has 0 aliphatic rings. The summed E-state index contributed by atoms with van der Waals surface area (Å²) in [5.41, 5.74) is 0.889. The topological polar surface area (TPSA) is 57.0 Å². The SMILES string of the molecule is CN(CC(C)(C)C)C(=O)c1ccc(C#N)nc1. The van der Waals surface area contributed by atoms with Crippen molar-refractivity contribution in [2.24, 2.45) is 5.41 Å². The lowest BCUT2D eigenvalue weighted by molar-refractivity contribution is 0.0745. The van der Waals surface area contributed by atoms with E-state index in [4.69, 9.17) is 5.26 Å². The van der Waals surface area contributed by atoms with Crippen LogP contribution in [0.15, 0.2) is 18.3 Å². The third-order valence-electron chi connectivity index (χ3n) is 2.18. The first-order valence-electron chi connectivity index (χ1n) is 5.45. The summed E-state index contributed by atoms with van der Waals surface area (Å²) in [7, 11) is 1.77. The summed E-state index contributed by atoms with van der Waals surface area (Å²) in [5.74, 6) is -0.0723. The first kappa shape index (κ1) is 13.2. The lowest BCUT2D eigenvalue weighted by Crippen LogP contribution is -2.34. The van der Waals surface area contributed by atoms with Crippen LogP contribution in [0.5, 0.6) is 0 Å². The third kappa shape index (κ3) is 3.87. The Morgan fingerprint density at radius 2 is 2.12 bits per heavy atom. The monoisotopic (exact) mass is 231 g/mol. The van der Waals surface area contributed by atoms with Crippen LogP contribution in [0.2, 0.25) is 0 Å². The molecule has 17 heavy (non-hydrogen) atoms. The van der Waals surface area contributed by atoms with Gasteiger partial charge in [-0.25, -0.2) is 4.98 Å². The summed E-state index contributed by atoms with van der Waals surface area (Å²) in [4.78, 5) is 17.6. The lowest BCUT2D eigenvalue weighted by Gasteiger charge is -2.26. The van der Waals surface area contributed by atoms with Crippen molar-refractivity contribution in [3.63, 3.8) is 0 Å². The van der Waals surface area contributed by atoms with Gasteiger partial charge >= 0.3 is 0 Å². The van der Waals surface area contributed by atoms with Crippen LogP contribution >= 0.6 is 0 Å². The molecule has 1 aromatic heterocycles. The fourth-order valence-corrected chi connectivity index (χ4v) is 1.59. The van der Waals surface area contributed by atoms with E-state index < -0.39 is 0 Å². The Labute approximate surface area is 102 Å². The highest BCUT2D eigenvalue weighted by atomic mass is 16.2. The van der Waals surface area contributed by atoms with Crippen molar-refractivity contribution in [1.29, 1.82) is 5.26 Å². The molecule has 0 fully saturated rings. The van der Waals surface area contributed by atoms with Crippen molar-refractivity contribution in [2.75, 3.05) is 13.6 Å². The summed E-state index contributed by atoms with van der Waals surface area (Å²) < 4.78 is 0. The van der Waals surface area contributed by atoms with Gasteiger partial charge in [0, 0.05) is 19.8 Å². The Hall–Kier alpha value is -1.89. The van der Waals surface area contributed by atoms with Crippen LogP contribution in [0, 0.1) is 16.7 Å². The van der Waals surface area contributed by atoms with Gasteiger partial charge in [-0.2, -0.15) is 5.26 Å². The number of carbonyl (C=O) groups is 1. The molecular formula is C13H17N3O. The summed E-state index contributed by atoms with van der Waals surface area (Å²) in [6.07, 6.45) is 1.44. The van der Waals surface area contributed by atoms with Gasteiger partial charge in [0.1, 0.15) is 11.8 Å². The van der Waals surface area contributed by atoms with Crippen molar-refractivity contribution >= 4 is 5.91 Å². The highest BCUT2D eigenvalue weighted by molar-refractivity contribution is 5.93. The number of hydrogen-bond acceptors (Lipinski definition) is 3. The van der Waals surface area contributed by atoms with E-state index in [1.807, 2.05) is 6.07 Å². The van der Waals surface area contributed by atoms with Crippen molar-refractivity contribution in [2.45, 2.75) is 20.8 Å². The summed E-state index contributed by atoms with van der Waals surface area (Å²) in [5, 5.41) is 8.62. The second kappa shape index (κ2) is 4.96. The molecule has 0 aromatic carbocycles. The average molecular weight is 231 g/mol. The molecule has 4 heteroatoms. The van der Waals surface area contributed by atoms with Gasteiger partial charge in [-0.3, -0.25) is 4.79 Å². The van der Waals surface area contributed by atoms with Crippen molar-refractivity contribution < 1.29 is 4.79 Å². The Bertz CT molecular complexity index is 437. The highest BCUT2D eigenvalue weighted by Crippen LogP contribution is 2.15. The van der Waals surface area contributed by atoms with Crippen molar-refractivity contribution in [3.05, 3.63) is 29.6 Å². The Kier molecular flexibility index (Phi) is 3.84. The molecule has 1 aromatic rings. The largest absolute Gasteiger partial charge is 0.341 e. The zero-order valence-electron chi connectivity index (χ0n) is 10.7. The van der Waals surface area contributed by atoms with Gasteiger partial charge in [0.15, 0.2) is 0 Å². The number of hydrogen-bond donors (Lipinski definition) is 0. The Balaban J connectivity index is 2.79. The summed E-state index contributed by atoms with van der Waals surface area (Å²) >= 11 is 0. The Morgan fingerprint density at radius 1 is 1.47 bits per heavy atom. The molecule has 0 aliphatic heterocycles. The molecule has 0 saturated heterocycles. The molecule has 0 bridgehead atoms. The van der Waals surface area contributed by atoms with Crippen LogP contribution in [0.25, 0.3) is 0 Å². The Morgan fingerprint density at radius 3 is 2.53 bits per heavy atom. The second-order valence-corrected chi connectivity index (χ2v) is 5.27. The van der Waals surface area contributed by atoms with E-state index in [-0.39, 0.29) is 11.3 Å². The molecule has 1 heterocycles. The van der Waals surface area contributed by atoms with Crippen molar-refractivity contribution in [3.8, 4) is 6.07 Å². The molecule has 1 rings (SSSR count). The average Bonchev–Trinajstić information content (AvgIpc) is 2.26. The van der Waals surface area contributed by atoms with Gasteiger partial charge in [-0.05, 0) is 17.5 Å². The van der Waals surface area contributed by atoms with E-state index >= 15 is 0 Å². The van der Waals surface area contributed by atoms with Crippen LogP contribution in [0.1, 0.15) is 36.8 Å². The molecule has 0 unspecified atom stereocenters. The minimum atomic E-state index is -0.0723. The zero-order chi connectivity index (χ0) is 13.1. The number of nitriles is 1. The number of amides is 1. The molecule has 0 atom stereocenters. The van der Waals surface area contributed by atoms with Gasteiger partial charge in [-0.1, -0.05) is 20.8 Å². The predicted molar refractivity (Wildman–Crippen MR) is 65.4 cm³/mol. The number of pyridine rings is 1. The minimum absolute atomic E-state index is 0.0600. The number of nitrogens with zero attached hydrogens (tertiary/aromatic N) is 3. The first-order chi connectivity index (χ1) is 7.83.